The molecule has 0 saturated heterocycles. The Morgan fingerprint density at radius 2 is 1.07 bits per heavy atom. The molecule has 2 N–H and O–H groups in total. The highest BCUT2D eigenvalue weighted by Gasteiger charge is 2.35. The van der Waals surface area contributed by atoms with Gasteiger partial charge in [0, 0.05) is 11.5 Å². The van der Waals surface area contributed by atoms with Gasteiger partial charge in [-0.3, -0.25) is 4.99 Å². The minimum absolute atomic E-state index is 0.0646. The Kier molecular flexibility index (Phi) is 85.3. The van der Waals surface area contributed by atoms with Crippen LogP contribution in [0.3, 0.4) is 0 Å². The van der Waals surface area contributed by atoms with Crippen molar-refractivity contribution >= 4 is 18.0 Å². The first-order valence-corrected chi connectivity index (χ1v) is 17.6. The maximum absolute atomic E-state index is 6.46. The van der Waals surface area contributed by atoms with Gasteiger partial charge >= 0.3 is 0 Å². The number of nitrogens with two attached hydrogens (primary N) is 1. The van der Waals surface area contributed by atoms with E-state index < -0.39 is 0 Å². The van der Waals surface area contributed by atoms with Crippen LogP contribution in [0.1, 0.15) is 185 Å². The first-order valence-electron chi connectivity index (χ1n) is 16.7. The molecule has 0 spiro atoms. The Bertz CT molecular complexity index is 441. The largest absolute Gasteiger partial charge is 0.317 e. The van der Waals surface area contributed by atoms with E-state index in [2.05, 4.69) is 115 Å². The molecule has 0 aliphatic heterocycles. The van der Waals surface area contributed by atoms with Crippen LogP contribution in [0.25, 0.3) is 0 Å². The Morgan fingerprint density at radius 3 is 1.27 bits per heavy atom. The number of hydrogen-bond acceptors (Lipinski definition) is 3. The molecule has 0 radical (unpaired) electrons. The molecule has 0 aromatic heterocycles. The summed E-state index contributed by atoms with van der Waals surface area (Å²) in [6.45, 7) is 48.2. The van der Waals surface area contributed by atoms with Gasteiger partial charge in [-0.15, -0.1) is 24.6 Å². The van der Waals surface area contributed by atoms with Crippen LogP contribution in [0.15, 0.2) is 16.6 Å². The zero-order valence-corrected chi connectivity index (χ0v) is 33.6. The number of rotatable bonds is 8. The zero-order chi connectivity index (χ0) is 35.0. The second-order valence-corrected chi connectivity index (χ2v) is 10.9. The molecule has 4 unspecified atom stereocenters. The van der Waals surface area contributed by atoms with Crippen molar-refractivity contribution in [2.75, 3.05) is 0 Å². The predicted molar refractivity (Wildman–Crippen MR) is 203 cm³/mol. The number of unbranched alkanes of at least 4 members (excludes halogenated alkanes) is 1. The number of terminal acetylenes is 1. The van der Waals surface area contributed by atoms with Gasteiger partial charge in [-0.25, -0.2) is 0 Å². The topological polar surface area (TPSA) is 38.4 Å². The van der Waals surface area contributed by atoms with E-state index in [0.717, 1.165) is 6.42 Å². The zero-order valence-electron chi connectivity index (χ0n) is 32.8. The second kappa shape index (κ2) is 54.4. The van der Waals surface area contributed by atoms with Gasteiger partial charge < -0.3 is 5.73 Å². The third-order valence-corrected chi connectivity index (χ3v) is 6.58. The summed E-state index contributed by atoms with van der Waals surface area (Å²) in [6.07, 6.45) is 17.3. The van der Waals surface area contributed by atoms with E-state index in [-0.39, 0.29) is 10.3 Å². The minimum atomic E-state index is -0.264. The standard InChI is InChI=1S/C18H36N2S.C4H10.C3H8.5C2H6.C2H2/c1-10-13(3)16(14(4)11-2)20-12-15(5)21-18(9,19)17(6,7)8;1-3-4-2;1-3-2;6*1-2/h10,12,14-16H,11,19H2,1-9H3;3-4H2,1-2H3;3H2,1-2H3;5*1-2H3;1-2H/b13-10-,20-12?;;;;;;;;. The molecule has 0 fully saturated rings. The summed E-state index contributed by atoms with van der Waals surface area (Å²) in [5.74, 6) is 0.571. The van der Waals surface area contributed by atoms with Crippen molar-refractivity contribution in [3.63, 3.8) is 0 Å². The smallest absolute Gasteiger partial charge is 0.0728 e. The quantitative estimate of drug-likeness (QED) is 0.132. The summed E-state index contributed by atoms with van der Waals surface area (Å²) in [5.41, 5.74) is 7.88. The van der Waals surface area contributed by atoms with E-state index in [4.69, 9.17) is 10.7 Å². The van der Waals surface area contributed by atoms with Crippen molar-refractivity contribution < 1.29 is 0 Å². The van der Waals surface area contributed by atoms with Crippen LogP contribution in [0.2, 0.25) is 0 Å². The molecule has 40 heavy (non-hydrogen) atoms. The molecule has 0 aromatic carbocycles. The van der Waals surface area contributed by atoms with E-state index in [1.165, 1.54) is 24.8 Å². The maximum atomic E-state index is 6.46. The van der Waals surface area contributed by atoms with Gasteiger partial charge in [0.05, 0.1) is 10.9 Å². The van der Waals surface area contributed by atoms with Crippen LogP contribution in [0.5, 0.6) is 0 Å². The van der Waals surface area contributed by atoms with Gasteiger partial charge in [0.2, 0.25) is 0 Å². The highest BCUT2D eigenvalue weighted by molar-refractivity contribution is 8.01. The lowest BCUT2D eigenvalue weighted by Crippen LogP contribution is -2.46. The molecule has 3 heteroatoms. The average Bonchev–Trinajstić information content (AvgIpc) is 2.98. The SMILES string of the molecule is C#C.C/C=C(/C)C(N=CC(C)SC(C)(N)C(C)(C)C)C(C)CC.CC.CC.CC.CC.CC.CCC.CCCC. The van der Waals surface area contributed by atoms with Crippen LogP contribution in [0.4, 0.5) is 0 Å². The molecule has 250 valence electrons. The molecule has 0 bridgehead atoms. The Hall–Kier alpha value is -0.720. The molecule has 0 amide bonds. The molecule has 0 heterocycles. The van der Waals surface area contributed by atoms with Crippen LogP contribution in [-0.2, 0) is 0 Å². The minimum Gasteiger partial charge on any atom is -0.317 e. The first kappa shape index (κ1) is 62.8. The van der Waals surface area contributed by atoms with Crippen molar-refractivity contribution in [2.45, 2.75) is 201 Å². The average molecular weight is 591 g/mol. The lowest BCUT2D eigenvalue weighted by atomic mass is 9.88. The molecule has 0 aromatic rings. The number of nitrogens with zero attached hydrogens (tertiary/aromatic N) is 1. The van der Waals surface area contributed by atoms with E-state index in [0.29, 0.717) is 17.2 Å². The molecule has 0 aliphatic carbocycles. The summed E-state index contributed by atoms with van der Waals surface area (Å²) in [7, 11) is 0. The Morgan fingerprint density at radius 1 is 0.775 bits per heavy atom. The van der Waals surface area contributed by atoms with Crippen LogP contribution in [-0.4, -0.2) is 22.4 Å². The molecule has 0 aliphatic rings. The number of aliphatic imine (C=N–C) groups is 1. The molecule has 2 nitrogen and oxygen atoms in total. The van der Waals surface area contributed by atoms with Gasteiger partial charge in [0.1, 0.15) is 0 Å². The van der Waals surface area contributed by atoms with Crippen LogP contribution in [0, 0.1) is 24.2 Å². The number of thioether (sulfide) groups is 1. The third-order valence-electron chi connectivity index (χ3n) is 4.98. The van der Waals surface area contributed by atoms with Crippen molar-refractivity contribution in [1.29, 1.82) is 0 Å². The van der Waals surface area contributed by atoms with E-state index >= 15 is 0 Å². The van der Waals surface area contributed by atoms with Crippen molar-refractivity contribution in [3.8, 4) is 12.8 Å². The fourth-order valence-electron chi connectivity index (χ4n) is 1.91. The Labute approximate surface area is 265 Å². The van der Waals surface area contributed by atoms with Gasteiger partial charge in [-0.1, -0.05) is 169 Å². The fourth-order valence-corrected chi connectivity index (χ4v) is 3.17. The second-order valence-electron chi connectivity index (χ2n) is 9.05. The maximum Gasteiger partial charge on any atom is 0.0728 e. The lowest BCUT2D eigenvalue weighted by Gasteiger charge is -2.39. The first-order chi connectivity index (χ1) is 18.8. The summed E-state index contributed by atoms with van der Waals surface area (Å²) in [6, 6.07) is 0.293. The van der Waals surface area contributed by atoms with Crippen LogP contribution >= 0.6 is 11.8 Å². The third kappa shape index (κ3) is 50.2. The lowest BCUT2D eigenvalue weighted by molar-refractivity contribution is 0.306. The highest BCUT2D eigenvalue weighted by atomic mass is 32.2. The monoisotopic (exact) mass is 591 g/mol. The van der Waals surface area contributed by atoms with Gasteiger partial charge in [-0.05, 0) is 39.0 Å². The summed E-state index contributed by atoms with van der Waals surface area (Å²) in [5, 5.41) is 0.315. The van der Waals surface area contributed by atoms with E-state index in [1.807, 2.05) is 69.2 Å². The van der Waals surface area contributed by atoms with Gasteiger partial charge in [-0.2, -0.15) is 0 Å². The summed E-state index contributed by atoms with van der Waals surface area (Å²) in [4.78, 5) is 4.60. The van der Waals surface area contributed by atoms with Crippen molar-refractivity contribution in [3.05, 3.63) is 11.6 Å². The number of allylic oxidation sites excluding steroid dienone is 1. The summed E-state index contributed by atoms with van der Waals surface area (Å²) >= 11 is 1.80. The molecule has 0 rings (SSSR count). The van der Waals surface area contributed by atoms with E-state index in [9.17, 15) is 0 Å². The van der Waals surface area contributed by atoms with Crippen molar-refractivity contribution in [2.24, 2.45) is 22.1 Å². The normalized spacial score (nSPS) is 13.1. The van der Waals surface area contributed by atoms with E-state index in [1.54, 1.807) is 11.8 Å². The number of hydrogen-bond donors (Lipinski definition) is 1. The molecular weight excluding hydrogens is 504 g/mol. The molecular formula is C37H86N2S. The molecule has 4 atom stereocenters. The van der Waals surface area contributed by atoms with Crippen molar-refractivity contribution in [1.82, 2.24) is 0 Å². The fraction of sp³-hybridized carbons (Fsp3) is 0.865. The Balaban J connectivity index is -0.0000000597. The molecule has 0 saturated carbocycles. The van der Waals surface area contributed by atoms with Gasteiger partial charge in [0.15, 0.2) is 0 Å². The summed E-state index contributed by atoms with van der Waals surface area (Å²) < 4.78 is 0. The van der Waals surface area contributed by atoms with Crippen LogP contribution < -0.4 is 5.73 Å². The highest BCUT2D eigenvalue weighted by Crippen LogP contribution is 2.39. The van der Waals surface area contributed by atoms with Gasteiger partial charge in [0.25, 0.3) is 0 Å². The predicted octanol–water partition coefficient (Wildman–Crippen LogP) is 13.9.